The number of oxazole rings is 1. The van der Waals surface area contributed by atoms with E-state index in [9.17, 15) is 13.6 Å². The summed E-state index contributed by atoms with van der Waals surface area (Å²) in [4.78, 5) is 18.6. The molecule has 3 aromatic rings. The lowest BCUT2D eigenvalue weighted by Gasteiger charge is -2.29. The number of halogens is 2. The average molecular weight is 354 g/mol. The number of fused-ring (bicyclic) bond motifs is 1. The summed E-state index contributed by atoms with van der Waals surface area (Å²) in [7, 11) is 0. The smallest absolute Gasteiger partial charge is 0.296 e. The summed E-state index contributed by atoms with van der Waals surface area (Å²) < 4.78 is 34.1. The quantitative estimate of drug-likeness (QED) is 0.680. The van der Waals surface area contributed by atoms with Gasteiger partial charge in [-0.2, -0.15) is 0 Å². The number of carbonyl (C=O) groups is 1. The van der Waals surface area contributed by atoms with Gasteiger partial charge in [0.1, 0.15) is 11.6 Å². The first-order valence-corrected chi connectivity index (χ1v) is 8.38. The SMILES string of the molecule is Cc1nc(-c2ccccc2)oc1C(=O)N1CCCc2c(F)ccc(F)c21. The first-order chi connectivity index (χ1) is 12.6. The molecule has 6 heteroatoms. The molecular weight excluding hydrogens is 338 g/mol. The van der Waals surface area contributed by atoms with Crippen LogP contribution in [0.2, 0.25) is 0 Å². The summed E-state index contributed by atoms with van der Waals surface area (Å²) in [6, 6.07) is 11.3. The van der Waals surface area contributed by atoms with E-state index in [2.05, 4.69) is 4.98 Å². The van der Waals surface area contributed by atoms with E-state index in [4.69, 9.17) is 4.42 Å². The minimum atomic E-state index is -0.616. The van der Waals surface area contributed by atoms with Crippen LogP contribution >= 0.6 is 0 Å². The van der Waals surface area contributed by atoms with Crippen molar-refractivity contribution in [3.05, 3.63) is 71.1 Å². The summed E-state index contributed by atoms with van der Waals surface area (Å²) in [6.45, 7) is 1.96. The Balaban J connectivity index is 1.75. The molecule has 0 N–H and O–H groups in total. The van der Waals surface area contributed by atoms with Gasteiger partial charge in [-0.3, -0.25) is 4.79 Å². The molecule has 132 valence electrons. The van der Waals surface area contributed by atoms with E-state index in [1.54, 1.807) is 6.92 Å². The molecular formula is C20H16F2N2O2. The lowest BCUT2D eigenvalue weighted by atomic mass is 10.00. The fourth-order valence-electron chi connectivity index (χ4n) is 3.26. The number of rotatable bonds is 2. The molecule has 0 saturated carbocycles. The lowest BCUT2D eigenvalue weighted by Crippen LogP contribution is -2.36. The Labute approximate surface area is 149 Å². The molecule has 0 aliphatic carbocycles. The second-order valence-corrected chi connectivity index (χ2v) is 6.22. The van der Waals surface area contributed by atoms with Crippen LogP contribution in [0.3, 0.4) is 0 Å². The van der Waals surface area contributed by atoms with Crippen LogP contribution in [0, 0.1) is 18.6 Å². The molecule has 1 amide bonds. The Morgan fingerprint density at radius 1 is 1.12 bits per heavy atom. The van der Waals surface area contributed by atoms with Crippen LogP contribution in [-0.4, -0.2) is 17.4 Å². The zero-order chi connectivity index (χ0) is 18.3. The first kappa shape index (κ1) is 16.4. The van der Waals surface area contributed by atoms with Gasteiger partial charge in [0, 0.05) is 17.7 Å². The summed E-state index contributed by atoms with van der Waals surface area (Å²) in [5.74, 6) is -1.26. The van der Waals surface area contributed by atoms with Gasteiger partial charge in [-0.1, -0.05) is 18.2 Å². The van der Waals surface area contributed by atoms with Crippen LogP contribution in [0.4, 0.5) is 14.5 Å². The van der Waals surface area contributed by atoms with E-state index in [-0.39, 0.29) is 17.0 Å². The summed E-state index contributed by atoms with van der Waals surface area (Å²) in [5.41, 5.74) is 1.38. The van der Waals surface area contributed by atoms with Gasteiger partial charge in [0.2, 0.25) is 11.7 Å². The third kappa shape index (κ3) is 2.67. The van der Waals surface area contributed by atoms with Crippen molar-refractivity contribution in [1.82, 2.24) is 4.98 Å². The molecule has 0 bridgehead atoms. The van der Waals surface area contributed by atoms with Crippen LogP contribution in [0.25, 0.3) is 11.5 Å². The maximum atomic E-state index is 14.3. The number of benzene rings is 2. The third-order valence-electron chi connectivity index (χ3n) is 4.51. The molecule has 0 unspecified atom stereocenters. The van der Waals surface area contributed by atoms with E-state index < -0.39 is 17.5 Å². The standard InChI is InChI=1S/C20H16F2N2O2/c1-12-18(26-19(23-12)13-6-3-2-4-7-13)20(25)24-11-5-8-14-15(21)9-10-16(22)17(14)24/h2-4,6-7,9-10H,5,8,11H2,1H3. The molecule has 2 aromatic carbocycles. The van der Waals surface area contributed by atoms with Gasteiger partial charge in [-0.05, 0) is 44.0 Å². The number of hydrogen-bond acceptors (Lipinski definition) is 3. The molecule has 0 fully saturated rings. The number of carbonyl (C=O) groups excluding carboxylic acids is 1. The molecule has 4 nitrogen and oxygen atoms in total. The van der Waals surface area contributed by atoms with Gasteiger partial charge >= 0.3 is 0 Å². The molecule has 1 aromatic heterocycles. The molecule has 4 rings (SSSR count). The minimum Gasteiger partial charge on any atom is -0.431 e. The molecule has 0 radical (unpaired) electrons. The Morgan fingerprint density at radius 3 is 2.62 bits per heavy atom. The van der Waals surface area contributed by atoms with Gasteiger partial charge in [0.05, 0.1) is 11.4 Å². The van der Waals surface area contributed by atoms with Crippen molar-refractivity contribution in [2.45, 2.75) is 19.8 Å². The highest BCUT2D eigenvalue weighted by molar-refractivity contribution is 6.05. The predicted octanol–water partition coefficient (Wildman–Crippen LogP) is 4.52. The number of nitrogens with zero attached hydrogens (tertiary/aromatic N) is 2. The Morgan fingerprint density at radius 2 is 1.85 bits per heavy atom. The third-order valence-corrected chi connectivity index (χ3v) is 4.51. The van der Waals surface area contributed by atoms with Crippen molar-refractivity contribution in [3.8, 4) is 11.5 Å². The molecule has 1 aliphatic rings. The highest BCUT2D eigenvalue weighted by Crippen LogP contribution is 2.34. The van der Waals surface area contributed by atoms with Gasteiger partial charge in [-0.25, -0.2) is 13.8 Å². The highest BCUT2D eigenvalue weighted by Gasteiger charge is 2.31. The molecule has 0 spiro atoms. The predicted molar refractivity (Wildman–Crippen MR) is 93.0 cm³/mol. The molecule has 0 atom stereocenters. The largest absolute Gasteiger partial charge is 0.431 e. The van der Waals surface area contributed by atoms with E-state index in [0.717, 1.165) is 17.7 Å². The Bertz CT molecular complexity index is 983. The second-order valence-electron chi connectivity index (χ2n) is 6.22. The number of aryl methyl sites for hydroxylation is 1. The fraction of sp³-hybridized carbons (Fsp3) is 0.200. The van der Waals surface area contributed by atoms with Crippen LogP contribution in [-0.2, 0) is 6.42 Å². The van der Waals surface area contributed by atoms with Crippen molar-refractivity contribution in [1.29, 1.82) is 0 Å². The maximum Gasteiger partial charge on any atom is 0.296 e. The zero-order valence-electron chi connectivity index (χ0n) is 14.1. The van der Waals surface area contributed by atoms with Crippen LogP contribution < -0.4 is 4.90 Å². The van der Waals surface area contributed by atoms with Gasteiger partial charge in [0.15, 0.2) is 0 Å². The van der Waals surface area contributed by atoms with Gasteiger partial charge in [0.25, 0.3) is 5.91 Å². The summed E-state index contributed by atoms with van der Waals surface area (Å²) in [6.07, 6.45) is 0.950. The van der Waals surface area contributed by atoms with Crippen molar-refractivity contribution in [2.24, 2.45) is 0 Å². The zero-order valence-corrected chi connectivity index (χ0v) is 14.1. The first-order valence-electron chi connectivity index (χ1n) is 8.38. The van der Waals surface area contributed by atoms with Gasteiger partial charge < -0.3 is 9.32 Å². The minimum absolute atomic E-state index is 0.00156. The Kier molecular flexibility index (Phi) is 4.03. The number of amides is 1. The average Bonchev–Trinajstić information content (AvgIpc) is 3.06. The summed E-state index contributed by atoms with van der Waals surface area (Å²) >= 11 is 0. The van der Waals surface area contributed by atoms with E-state index in [1.165, 1.54) is 4.90 Å². The molecule has 2 heterocycles. The number of hydrogen-bond donors (Lipinski definition) is 0. The van der Waals surface area contributed by atoms with Crippen molar-refractivity contribution >= 4 is 11.6 Å². The van der Waals surface area contributed by atoms with Gasteiger partial charge in [-0.15, -0.1) is 0 Å². The highest BCUT2D eigenvalue weighted by atomic mass is 19.1. The van der Waals surface area contributed by atoms with E-state index >= 15 is 0 Å². The maximum absolute atomic E-state index is 14.3. The van der Waals surface area contributed by atoms with Crippen molar-refractivity contribution in [2.75, 3.05) is 11.4 Å². The normalized spacial score (nSPS) is 13.6. The van der Waals surface area contributed by atoms with Crippen LogP contribution in [0.5, 0.6) is 0 Å². The summed E-state index contributed by atoms with van der Waals surface area (Å²) in [5, 5.41) is 0. The topological polar surface area (TPSA) is 46.3 Å². The lowest BCUT2D eigenvalue weighted by molar-refractivity contribution is 0.0957. The molecule has 26 heavy (non-hydrogen) atoms. The Hall–Kier alpha value is -3.02. The molecule has 1 aliphatic heterocycles. The van der Waals surface area contributed by atoms with Crippen LogP contribution in [0.15, 0.2) is 46.9 Å². The number of aromatic nitrogens is 1. The van der Waals surface area contributed by atoms with Crippen LogP contribution in [0.1, 0.15) is 28.2 Å². The van der Waals surface area contributed by atoms with Crippen molar-refractivity contribution < 1.29 is 18.0 Å². The fourth-order valence-corrected chi connectivity index (χ4v) is 3.26. The van der Waals surface area contributed by atoms with E-state index in [1.807, 2.05) is 30.3 Å². The number of anilines is 1. The van der Waals surface area contributed by atoms with Crippen molar-refractivity contribution in [3.63, 3.8) is 0 Å². The monoisotopic (exact) mass is 354 g/mol. The second kappa shape index (κ2) is 6.37. The molecule has 0 saturated heterocycles. The van der Waals surface area contributed by atoms with E-state index in [0.29, 0.717) is 31.0 Å².